The Balaban J connectivity index is 1.28. The van der Waals surface area contributed by atoms with Crippen molar-refractivity contribution < 1.29 is 47.7 Å². The fourth-order valence-corrected chi connectivity index (χ4v) is 9.08. The third kappa shape index (κ3) is 11.6. The van der Waals surface area contributed by atoms with E-state index < -0.39 is 40.6 Å². The zero-order valence-corrected chi connectivity index (χ0v) is 38.2. The summed E-state index contributed by atoms with van der Waals surface area (Å²) in [6, 6.07) is 27.9. The van der Waals surface area contributed by atoms with E-state index in [1.54, 1.807) is 93.3 Å². The van der Waals surface area contributed by atoms with Crippen LogP contribution in [-0.2, 0) is 32.0 Å². The molecule has 1 aromatic heterocycles. The minimum absolute atomic E-state index is 0.0759. The van der Waals surface area contributed by atoms with Crippen LogP contribution in [0.1, 0.15) is 75.2 Å². The highest BCUT2D eigenvalue weighted by Gasteiger charge is 2.34. The molecule has 0 saturated carbocycles. The molecule has 0 aliphatic carbocycles. The first-order valence-corrected chi connectivity index (χ1v) is 22.0. The van der Waals surface area contributed by atoms with Crippen LogP contribution in [0.5, 0.6) is 17.2 Å². The number of anilines is 2. The minimum atomic E-state index is -0.819. The van der Waals surface area contributed by atoms with Gasteiger partial charge in [-0.1, -0.05) is 54.6 Å². The van der Waals surface area contributed by atoms with Crippen LogP contribution < -0.4 is 30.2 Å². The van der Waals surface area contributed by atoms with E-state index in [0.29, 0.717) is 62.5 Å². The Bertz CT molecular complexity index is 2510. The Morgan fingerprint density at radius 1 is 0.844 bits per heavy atom. The Morgan fingerprint density at radius 2 is 1.52 bits per heavy atom. The van der Waals surface area contributed by atoms with Crippen LogP contribution >= 0.6 is 23.1 Å². The molecule has 1 aliphatic rings. The van der Waals surface area contributed by atoms with E-state index >= 15 is 0 Å². The van der Waals surface area contributed by atoms with Crippen LogP contribution in [0.25, 0.3) is 6.08 Å². The van der Waals surface area contributed by atoms with E-state index in [0.717, 1.165) is 10.4 Å². The molecular formula is C48H50N4O10S2. The molecule has 2 heterocycles. The maximum atomic E-state index is 14.5. The number of thiophene rings is 1. The minimum Gasteiger partial charge on any atom is -0.493 e. The second-order valence-electron chi connectivity index (χ2n) is 15.3. The van der Waals surface area contributed by atoms with Gasteiger partial charge in [-0.15, -0.1) is 23.1 Å². The number of fused-ring (bicyclic) bond motifs is 1. The normalized spacial score (nSPS) is 12.9. The third-order valence-corrected chi connectivity index (χ3v) is 12.0. The SMILES string of the molecule is CCOC(=O)c1c(NC(=O)C(Sc2cccc(NC(=O)/C(=C\c3cc(OC)c(OC)c(OC)c3)NC(=O)c3ccccc3)c2)c2ccccc2)sc2c1CCN(C(=O)OC(C)(C)C)C2. The molecule has 1 atom stereocenters. The molecule has 334 valence electrons. The number of hydrogen-bond donors (Lipinski definition) is 3. The van der Waals surface area contributed by atoms with Crippen LogP contribution in [0.2, 0.25) is 0 Å². The maximum Gasteiger partial charge on any atom is 0.410 e. The van der Waals surface area contributed by atoms with Gasteiger partial charge < -0.3 is 44.5 Å². The van der Waals surface area contributed by atoms with Crippen molar-refractivity contribution in [3.05, 3.63) is 135 Å². The monoisotopic (exact) mass is 906 g/mol. The lowest BCUT2D eigenvalue weighted by atomic mass is 10.0. The first kappa shape index (κ1) is 46.7. The van der Waals surface area contributed by atoms with E-state index in [-0.39, 0.29) is 24.4 Å². The summed E-state index contributed by atoms with van der Waals surface area (Å²) in [5.41, 5.74) is 2.14. The number of amides is 4. The van der Waals surface area contributed by atoms with Gasteiger partial charge in [-0.25, -0.2) is 9.59 Å². The van der Waals surface area contributed by atoms with Gasteiger partial charge in [0, 0.05) is 27.6 Å². The molecule has 3 N–H and O–H groups in total. The summed E-state index contributed by atoms with van der Waals surface area (Å²) in [6.45, 7) is 7.79. The van der Waals surface area contributed by atoms with Crippen molar-refractivity contribution in [3.63, 3.8) is 0 Å². The number of carbonyl (C=O) groups excluding carboxylic acids is 5. The zero-order chi connectivity index (χ0) is 46.0. The second-order valence-corrected chi connectivity index (χ2v) is 17.6. The molecule has 0 radical (unpaired) electrons. The predicted octanol–water partition coefficient (Wildman–Crippen LogP) is 9.13. The van der Waals surface area contributed by atoms with Gasteiger partial charge in [0.15, 0.2) is 11.5 Å². The Hall–Kier alpha value is -6.78. The number of nitrogens with one attached hydrogen (secondary N) is 3. The highest BCUT2D eigenvalue weighted by Crippen LogP contribution is 2.42. The van der Waals surface area contributed by atoms with E-state index in [1.165, 1.54) is 50.5 Å². The topological polar surface area (TPSA) is 171 Å². The summed E-state index contributed by atoms with van der Waals surface area (Å²) in [4.78, 5) is 71.4. The molecule has 64 heavy (non-hydrogen) atoms. The molecule has 6 rings (SSSR count). The summed E-state index contributed by atoms with van der Waals surface area (Å²) in [6.07, 6.45) is 1.41. The molecule has 4 aromatic carbocycles. The first-order chi connectivity index (χ1) is 30.7. The van der Waals surface area contributed by atoms with Gasteiger partial charge in [0.1, 0.15) is 21.5 Å². The van der Waals surface area contributed by atoms with Crippen molar-refractivity contribution in [1.29, 1.82) is 0 Å². The number of esters is 1. The van der Waals surface area contributed by atoms with Crippen LogP contribution in [0, 0.1) is 0 Å². The average Bonchev–Trinajstić information content (AvgIpc) is 3.64. The number of hydrogen-bond acceptors (Lipinski definition) is 12. The van der Waals surface area contributed by atoms with Crippen molar-refractivity contribution in [2.75, 3.05) is 45.1 Å². The van der Waals surface area contributed by atoms with Crippen LogP contribution in [-0.4, -0.2) is 74.8 Å². The lowest BCUT2D eigenvalue weighted by Gasteiger charge is -2.30. The Labute approximate surface area is 380 Å². The van der Waals surface area contributed by atoms with Gasteiger partial charge >= 0.3 is 12.1 Å². The third-order valence-electron chi connectivity index (χ3n) is 9.64. The fraction of sp³-hybridized carbons (Fsp3) is 0.271. The molecular weight excluding hydrogens is 857 g/mol. The molecule has 0 bridgehead atoms. The van der Waals surface area contributed by atoms with Gasteiger partial charge in [0.05, 0.1) is 40.0 Å². The highest BCUT2D eigenvalue weighted by atomic mass is 32.2. The highest BCUT2D eigenvalue weighted by molar-refractivity contribution is 8.00. The van der Waals surface area contributed by atoms with Gasteiger partial charge in [-0.2, -0.15) is 0 Å². The van der Waals surface area contributed by atoms with Gasteiger partial charge in [0.25, 0.3) is 11.8 Å². The molecule has 5 aromatic rings. The standard InChI is InChI=1S/C48H50N4O10S2/c1-8-61-46(56)39-34-22-23-52(47(57)62-48(2,3)4)28-38(34)64-45(39)51-44(55)41(30-16-11-9-12-17-30)63-33-21-15-20-32(27-33)49-43(54)35(50-42(53)31-18-13-10-14-19-31)24-29-25-36(58-5)40(60-7)37(26-29)59-6/h9-21,24-27,41H,8,22-23,28H2,1-7H3,(H,49,54)(H,50,53)(H,51,55)/b35-24+. The van der Waals surface area contributed by atoms with Gasteiger partial charge in [0.2, 0.25) is 11.7 Å². The number of ether oxygens (including phenoxy) is 5. The van der Waals surface area contributed by atoms with Crippen LogP contribution in [0.15, 0.2) is 108 Å². The van der Waals surface area contributed by atoms with E-state index in [4.69, 9.17) is 23.7 Å². The number of nitrogens with zero attached hydrogens (tertiary/aromatic N) is 1. The molecule has 1 unspecified atom stereocenters. The lowest BCUT2D eigenvalue weighted by molar-refractivity contribution is -0.116. The van der Waals surface area contributed by atoms with Crippen molar-refractivity contribution in [2.24, 2.45) is 0 Å². The average molecular weight is 907 g/mol. The Morgan fingerprint density at radius 3 is 2.14 bits per heavy atom. The summed E-state index contributed by atoms with van der Waals surface area (Å²) in [7, 11) is 4.44. The smallest absolute Gasteiger partial charge is 0.410 e. The van der Waals surface area contributed by atoms with Crippen molar-refractivity contribution in [2.45, 2.75) is 56.4 Å². The molecule has 0 saturated heterocycles. The second kappa shape index (κ2) is 21.1. The van der Waals surface area contributed by atoms with Crippen molar-refractivity contribution in [1.82, 2.24) is 10.2 Å². The van der Waals surface area contributed by atoms with E-state index in [2.05, 4.69) is 16.0 Å². The molecule has 14 nitrogen and oxygen atoms in total. The summed E-state index contributed by atoms with van der Waals surface area (Å²) < 4.78 is 27.6. The van der Waals surface area contributed by atoms with E-state index in [9.17, 15) is 24.0 Å². The first-order valence-electron chi connectivity index (χ1n) is 20.3. The summed E-state index contributed by atoms with van der Waals surface area (Å²) >= 11 is 2.47. The number of thioether (sulfide) groups is 1. The Kier molecular flexibility index (Phi) is 15.4. The van der Waals surface area contributed by atoms with Crippen molar-refractivity contribution >= 4 is 69.6 Å². The quantitative estimate of drug-likeness (QED) is 0.0520. The molecule has 0 fully saturated rings. The zero-order valence-electron chi connectivity index (χ0n) is 36.6. The number of benzene rings is 4. The van der Waals surface area contributed by atoms with Crippen LogP contribution in [0.3, 0.4) is 0 Å². The molecule has 16 heteroatoms. The number of methoxy groups -OCH3 is 3. The number of rotatable bonds is 15. The predicted molar refractivity (Wildman–Crippen MR) is 247 cm³/mol. The molecule has 4 amide bonds. The van der Waals surface area contributed by atoms with E-state index in [1.807, 2.05) is 36.4 Å². The van der Waals surface area contributed by atoms with Gasteiger partial charge in [-0.3, -0.25) is 14.4 Å². The summed E-state index contributed by atoms with van der Waals surface area (Å²) in [5, 5.41) is 8.18. The largest absolute Gasteiger partial charge is 0.493 e. The lowest BCUT2D eigenvalue weighted by Crippen LogP contribution is -2.39. The molecule has 0 spiro atoms. The van der Waals surface area contributed by atoms with Crippen LogP contribution in [0.4, 0.5) is 15.5 Å². The maximum absolute atomic E-state index is 14.5. The number of carbonyl (C=O) groups is 5. The molecule has 1 aliphatic heterocycles. The van der Waals surface area contributed by atoms with Crippen molar-refractivity contribution in [3.8, 4) is 17.2 Å². The summed E-state index contributed by atoms with van der Waals surface area (Å²) in [5.74, 6) is -1.04. The van der Waals surface area contributed by atoms with Gasteiger partial charge in [-0.05, 0) is 99.3 Å². The fourth-order valence-electron chi connectivity index (χ4n) is 6.75.